The van der Waals surface area contributed by atoms with Gasteiger partial charge < -0.3 is 25.6 Å². The third kappa shape index (κ3) is 5.05. The molecule has 0 bridgehead atoms. The summed E-state index contributed by atoms with van der Waals surface area (Å²) in [6.07, 6.45) is -3.97. The van der Waals surface area contributed by atoms with Crippen LogP contribution in [0.25, 0.3) is 11.3 Å². The molecule has 0 radical (unpaired) electrons. The fourth-order valence-corrected chi connectivity index (χ4v) is 7.22. The Balaban J connectivity index is 1.35. The highest BCUT2D eigenvalue weighted by atomic mass is 32.2. The van der Waals surface area contributed by atoms with Gasteiger partial charge in [-0.1, -0.05) is 6.07 Å². The Morgan fingerprint density at radius 3 is 2.57 bits per heavy atom. The number of primary amides is 1. The maximum atomic E-state index is 14.8. The summed E-state index contributed by atoms with van der Waals surface area (Å²) in [7, 11) is 1.53. The molecule has 3 aliphatic rings. The molecule has 5 atom stereocenters. The summed E-state index contributed by atoms with van der Waals surface area (Å²) in [6, 6.07) is 11.3. The number of carbonyl (C=O) groups excluding carboxylic acids is 2. The van der Waals surface area contributed by atoms with E-state index in [1.165, 1.54) is 37.9 Å². The van der Waals surface area contributed by atoms with Crippen LogP contribution in [0.3, 0.4) is 0 Å². The van der Waals surface area contributed by atoms with Gasteiger partial charge in [0.1, 0.15) is 35.0 Å². The third-order valence-electron chi connectivity index (χ3n) is 8.77. The first-order chi connectivity index (χ1) is 20.7. The Bertz CT molecular complexity index is 1650. The predicted octanol–water partition coefficient (Wildman–Crippen LogP) is 4.57. The monoisotopic (exact) mass is 631 g/mol. The first-order valence-electron chi connectivity index (χ1n) is 13.9. The van der Waals surface area contributed by atoms with E-state index in [1.807, 2.05) is 18.2 Å². The Labute approximate surface area is 254 Å². The van der Waals surface area contributed by atoms with Crippen LogP contribution in [0.15, 0.2) is 53.4 Å². The van der Waals surface area contributed by atoms with E-state index in [0.717, 1.165) is 35.1 Å². The number of alkyl halides is 3. The zero-order valence-electron chi connectivity index (χ0n) is 23.7. The molecule has 1 saturated carbocycles. The number of thioether (sulfide) groups is 1. The number of aromatic nitrogens is 1. The van der Waals surface area contributed by atoms with Gasteiger partial charge in [-0.3, -0.25) is 9.59 Å². The minimum absolute atomic E-state index is 0.00171. The minimum Gasteiger partial charge on any atom is -0.497 e. The fraction of sp³-hybridized carbons (Fsp3) is 0.387. The zero-order valence-corrected chi connectivity index (χ0v) is 24.5. The molecule has 44 heavy (non-hydrogen) atoms. The molecule has 2 unspecified atom stereocenters. The Hall–Kier alpha value is -3.84. The first kappa shape index (κ1) is 30.2. The number of ether oxygens (including phenoxy) is 2. The van der Waals surface area contributed by atoms with Gasteiger partial charge in [-0.15, -0.1) is 11.8 Å². The topological polar surface area (TPSA) is 124 Å². The largest absolute Gasteiger partial charge is 0.497 e. The average Bonchev–Trinajstić information content (AvgIpc) is 3.69. The van der Waals surface area contributed by atoms with Crippen LogP contribution in [0.5, 0.6) is 11.5 Å². The minimum atomic E-state index is -5.30. The van der Waals surface area contributed by atoms with Crippen LogP contribution in [-0.2, 0) is 20.6 Å². The molecule has 8 nitrogen and oxygen atoms in total. The number of hydrogen-bond acceptors (Lipinski definition) is 7. The summed E-state index contributed by atoms with van der Waals surface area (Å²) in [5.74, 6) is -1.01. The molecule has 2 amide bonds. The van der Waals surface area contributed by atoms with Crippen molar-refractivity contribution in [2.75, 3.05) is 20.3 Å². The number of hydrogen-bond donors (Lipinski definition) is 3. The predicted molar refractivity (Wildman–Crippen MR) is 153 cm³/mol. The van der Waals surface area contributed by atoms with Crippen molar-refractivity contribution in [3.05, 3.63) is 71.2 Å². The van der Waals surface area contributed by atoms with Gasteiger partial charge in [0.25, 0.3) is 0 Å². The number of pyridine rings is 1. The maximum Gasteiger partial charge on any atom is 0.424 e. The molecular formula is C31H29F4N3O5S. The number of nitrogens with zero attached hydrogens (tertiary/aromatic N) is 1. The maximum absolute atomic E-state index is 14.8. The molecule has 0 spiro atoms. The number of halogens is 4. The summed E-state index contributed by atoms with van der Waals surface area (Å²) in [6.45, 7) is -0.102. The van der Waals surface area contributed by atoms with Gasteiger partial charge >= 0.3 is 6.18 Å². The van der Waals surface area contributed by atoms with Gasteiger partial charge in [-0.25, -0.2) is 9.37 Å². The number of benzene rings is 2. The standard InChI is InChI=1S/C31H29F4N3O5S/c1-29(28(36)40)14-43-26-21(29)12-24(38-25(26)15-3-5-17(32)6-4-15)30(41,31(33,34)35)13-37-27(39)23-10-16-9-20(16)19-8-7-18(42-2)11-22(19)44-23/h3-8,11-12,16,20,23,41H,9-10,13-14H2,1-2H3,(H2,36,40)(H,37,39)/t16?,20-,23?,29+,30+/m1/s1. The summed E-state index contributed by atoms with van der Waals surface area (Å²) in [5.41, 5.74) is 0.680. The zero-order chi connectivity index (χ0) is 31.6. The molecule has 13 heteroatoms. The molecule has 1 aromatic heterocycles. The van der Waals surface area contributed by atoms with Gasteiger partial charge in [0, 0.05) is 16.0 Å². The van der Waals surface area contributed by atoms with Crippen molar-refractivity contribution < 1.29 is 41.7 Å². The fourth-order valence-electron chi connectivity index (χ4n) is 5.84. The van der Waals surface area contributed by atoms with E-state index in [2.05, 4.69) is 10.3 Å². The van der Waals surface area contributed by atoms with Crippen LogP contribution in [0.4, 0.5) is 17.6 Å². The van der Waals surface area contributed by atoms with E-state index in [1.54, 1.807) is 0 Å². The molecule has 232 valence electrons. The Morgan fingerprint density at radius 2 is 1.91 bits per heavy atom. The summed E-state index contributed by atoms with van der Waals surface area (Å²) >= 11 is 1.25. The molecule has 2 aromatic carbocycles. The summed E-state index contributed by atoms with van der Waals surface area (Å²) < 4.78 is 69.0. The average molecular weight is 632 g/mol. The highest BCUT2D eigenvalue weighted by Crippen LogP contribution is 2.57. The van der Waals surface area contributed by atoms with E-state index in [9.17, 15) is 32.3 Å². The molecule has 2 aliphatic heterocycles. The van der Waals surface area contributed by atoms with Gasteiger partial charge in [0.15, 0.2) is 0 Å². The summed E-state index contributed by atoms with van der Waals surface area (Å²) in [4.78, 5) is 30.8. The molecule has 3 heterocycles. The van der Waals surface area contributed by atoms with Crippen LogP contribution in [0.1, 0.15) is 42.5 Å². The second-order valence-corrected chi connectivity index (χ2v) is 12.9. The number of amides is 2. The Kier molecular flexibility index (Phi) is 7.31. The second-order valence-electron chi connectivity index (χ2n) is 11.6. The van der Waals surface area contributed by atoms with Gasteiger partial charge in [-0.2, -0.15) is 13.2 Å². The SMILES string of the molecule is COc1ccc2c(c1)SC(C(=O)NC[C@](O)(c1cc3c(c(-c4ccc(F)cc4)n1)OC[C@]3(C)C(N)=O)C(F)(F)F)CC1C[C@@H]21. The number of carbonyl (C=O) groups is 2. The lowest BCUT2D eigenvalue weighted by Crippen LogP contribution is -2.53. The number of aliphatic hydroxyl groups is 1. The highest BCUT2D eigenvalue weighted by molar-refractivity contribution is 8.00. The van der Waals surface area contributed by atoms with Crippen molar-refractivity contribution in [2.45, 2.75) is 53.0 Å². The van der Waals surface area contributed by atoms with Gasteiger partial charge in [0.2, 0.25) is 17.4 Å². The van der Waals surface area contributed by atoms with Crippen molar-refractivity contribution in [3.63, 3.8) is 0 Å². The molecule has 1 aliphatic carbocycles. The molecule has 3 aromatic rings. The van der Waals surface area contributed by atoms with Crippen LogP contribution in [-0.4, -0.2) is 53.6 Å². The third-order valence-corrected chi connectivity index (χ3v) is 10.1. The number of methoxy groups -OCH3 is 1. The number of nitrogens with one attached hydrogen (secondary N) is 1. The van der Waals surface area contributed by atoms with Crippen molar-refractivity contribution in [1.29, 1.82) is 0 Å². The van der Waals surface area contributed by atoms with Crippen LogP contribution in [0, 0.1) is 11.7 Å². The van der Waals surface area contributed by atoms with E-state index in [4.69, 9.17) is 15.2 Å². The first-order valence-corrected chi connectivity index (χ1v) is 14.8. The Morgan fingerprint density at radius 1 is 1.18 bits per heavy atom. The lowest BCUT2D eigenvalue weighted by Gasteiger charge is -2.32. The van der Waals surface area contributed by atoms with Crippen molar-refractivity contribution >= 4 is 23.6 Å². The van der Waals surface area contributed by atoms with Crippen LogP contribution in [0.2, 0.25) is 0 Å². The quantitative estimate of drug-likeness (QED) is 0.327. The van der Waals surface area contributed by atoms with Crippen LogP contribution < -0.4 is 20.5 Å². The lowest BCUT2D eigenvalue weighted by atomic mass is 9.81. The molecule has 1 fully saturated rings. The normalized spacial score (nSPS) is 24.9. The van der Waals surface area contributed by atoms with E-state index < -0.39 is 52.3 Å². The van der Waals surface area contributed by atoms with E-state index in [0.29, 0.717) is 12.2 Å². The van der Waals surface area contributed by atoms with Crippen molar-refractivity contribution in [1.82, 2.24) is 10.3 Å². The number of rotatable bonds is 7. The van der Waals surface area contributed by atoms with Gasteiger partial charge in [-0.05, 0) is 79.6 Å². The second kappa shape index (κ2) is 10.7. The summed E-state index contributed by atoms with van der Waals surface area (Å²) in [5, 5.41) is 12.9. The van der Waals surface area contributed by atoms with E-state index >= 15 is 0 Å². The van der Waals surface area contributed by atoms with Crippen molar-refractivity contribution in [3.8, 4) is 22.8 Å². The molecular weight excluding hydrogens is 602 g/mol. The highest BCUT2D eigenvalue weighted by Gasteiger charge is 2.58. The van der Waals surface area contributed by atoms with Gasteiger partial charge in [0.05, 0.1) is 24.6 Å². The number of fused-ring (bicyclic) bond motifs is 4. The van der Waals surface area contributed by atoms with E-state index in [-0.39, 0.29) is 41.0 Å². The molecule has 6 rings (SSSR count). The molecule has 4 N–H and O–H groups in total. The van der Waals surface area contributed by atoms with Crippen molar-refractivity contribution in [2.24, 2.45) is 11.7 Å². The van der Waals surface area contributed by atoms with Crippen LogP contribution >= 0.6 is 11.8 Å². The molecule has 0 saturated heterocycles. The smallest absolute Gasteiger partial charge is 0.424 e. The lowest BCUT2D eigenvalue weighted by molar-refractivity contribution is -0.265. The number of nitrogens with two attached hydrogens (primary N) is 1.